The van der Waals surface area contributed by atoms with E-state index >= 15 is 0 Å². The number of nitrogens with one attached hydrogen (secondary N) is 1. The summed E-state index contributed by atoms with van der Waals surface area (Å²) in [5.74, 6) is -0.0797. The summed E-state index contributed by atoms with van der Waals surface area (Å²) in [6.07, 6.45) is 1.89. The lowest BCUT2D eigenvalue weighted by Crippen LogP contribution is -2.37. The van der Waals surface area contributed by atoms with Crippen LogP contribution in [0.15, 0.2) is 30.3 Å². The summed E-state index contributed by atoms with van der Waals surface area (Å²) < 4.78 is 4.75. The van der Waals surface area contributed by atoms with E-state index in [4.69, 9.17) is 4.74 Å². The Morgan fingerprint density at radius 1 is 1.31 bits per heavy atom. The Morgan fingerprint density at radius 3 is 2.62 bits per heavy atom. The zero-order chi connectivity index (χ0) is 11.4. The first kappa shape index (κ1) is 11.1. The fourth-order valence-electron chi connectivity index (χ4n) is 2.19. The molecule has 1 fully saturated rings. The van der Waals surface area contributed by atoms with Gasteiger partial charge in [-0.05, 0) is 18.4 Å². The monoisotopic (exact) mass is 219 g/mol. The third-order valence-corrected chi connectivity index (χ3v) is 3.15. The van der Waals surface area contributed by atoms with Crippen LogP contribution in [0.3, 0.4) is 0 Å². The van der Waals surface area contributed by atoms with Crippen molar-refractivity contribution in [3.8, 4) is 0 Å². The number of hydrogen-bond donors (Lipinski definition) is 1. The predicted octanol–water partition coefficient (Wildman–Crippen LogP) is 1.90. The van der Waals surface area contributed by atoms with E-state index in [-0.39, 0.29) is 11.9 Å². The van der Waals surface area contributed by atoms with Crippen LogP contribution in [0.4, 0.5) is 0 Å². The Kier molecular flexibility index (Phi) is 3.57. The lowest BCUT2D eigenvalue weighted by atomic mass is 9.91. The maximum absolute atomic E-state index is 11.3. The van der Waals surface area contributed by atoms with Crippen LogP contribution in [0, 0.1) is 5.92 Å². The van der Waals surface area contributed by atoms with Gasteiger partial charge in [-0.15, -0.1) is 0 Å². The molecule has 1 N–H and O–H groups in total. The first-order valence-corrected chi connectivity index (χ1v) is 5.67. The van der Waals surface area contributed by atoms with Crippen molar-refractivity contribution >= 4 is 5.97 Å². The molecule has 3 nitrogen and oxygen atoms in total. The molecule has 86 valence electrons. The molecule has 0 aromatic heterocycles. The molecule has 1 aliphatic heterocycles. The molecule has 0 radical (unpaired) electrons. The van der Waals surface area contributed by atoms with E-state index in [0.29, 0.717) is 12.6 Å². The topological polar surface area (TPSA) is 38.3 Å². The van der Waals surface area contributed by atoms with Crippen LogP contribution in [-0.4, -0.2) is 19.6 Å². The van der Waals surface area contributed by atoms with Gasteiger partial charge in [0.25, 0.3) is 0 Å². The Morgan fingerprint density at radius 2 is 2.06 bits per heavy atom. The number of rotatable bonds is 2. The fourth-order valence-corrected chi connectivity index (χ4v) is 2.19. The SMILES string of the molecule is COC(=O)[C@H]1CC[C@@H](c2ccccc2)NC1. The molecule has 16 heavy (non-hydrogen) atoms. The van der Waals surface area contributed by atoms with Gasteiger partial charge in [0, 0.05) is 12.6 Å². The number of piperidine rings is 1. The average molecular weight is 219 g/mol. The van der Waals surface area contributed by atoms with Crippen molar-refractivity contribution in [2.24, 2.45) is 5.92 Å². The number of esters is 1. The summed E-state index contributed by atoms with van der Waals surface area (Å²) in [6, 6.07) is 10.7. The molecule has 1 saturated heterocycles. The van der Waals surface area contributed by atoms with Crippen LogP contribution < -0.4 is 5.32 Å². The van der Waals surface area contributed by atoms with Gasteiger partial charge in [-0.2, -0.15) is 0 Å². The Hall–Kier alpha value is -1.35. The van der Waals surface area contributed by atoms with Crippen LogP contribution in [0.25, 0.3) is 0 Å². The molecule has 0 spiro atoms. The van der Waals surface area contributed by atoms with Crippen molar-refractivity contribution < 1.29 is 9.53 Å². The highest BCUT2D eigenvalue weighted by Crippen LogP contribution is 2.25. The van der Waals surface area contributed by atoms with Gasteiger partial charge in [0.05, 0.1) is 13.0 Å². The highest BCUT2D eigenvalue weighted by molar-refractivity contribution is 5.72. The van der Waals surface area contributed by atoms with Gasteiger partial charge in [-0.1, -0.05) is 30.3 Å². The molecule has 0 unspecified atom stereocenters. The maximum atomic E-state index is 11.3. The highest BCUT2D eigenvalue weighted by atomic mass is 16.5. The molecular weight excluding hydrogens is 202 g/mol. The third-order valence-electron chi connectivity index (χ3n) is 3.15. The lowest BCUT2D eigenvalue weighted by molar-refractivity contribution is -0.146. The first-order valence-electron chi connectivity index (χ1n) is 5.67. The van der Waals surface area contributed by atoms with Crippen LogP contribution in [-0.2, 0) is 9.53 Å². The van der Waals surface area contributed by atoms with Gasteiger partial charge in [-0.3, -0.25) is 4.79 Å². The molecule has 1 heterocycles. The van der Waals surface area contributed by atoms with E-state index in [1.807, 2.05) is 18.2 Å². The van der Waals surface area contributed by atoms with Crippen molar-refractivity contribution in [2.45, 2.75) is 18.9 Å². The molecule has 1 aliphatic rings. The summed E-state index contributed by atoms with van der Waals surface area (Å²) in [5.41, 5.74) is 1.30. The normalized spacial score (nSPS) is 25.1. The fraction of sp³-hybridized carbons (Fsp3) is 0.462. The number of benzene rings is 1. The molecule has 0 aliphatic carbocycles. The zero-order valence-corrected chi connectivity index (χ0v) is 9.48. The Labute approximate surface area is 95.8 Å². The summed E-state index contributed by atoms with van der Waals surface area (Å²) in [7, 11) is 1.45. The van der Waals surface area contributed by atoms with E-state index in [2.05, 4.69) is 17.4 Å². The van der Waals surface area contributed by atoms with Crippen molar-refractivity contribution in [3.63, 3.8) is 0 Å². The highest BCUT2D eigenvalue weighted by Gasteiger charge is 2.26. The van der Waals surface area contributed by atoms with Gasteiger partial charge in [0.1, 0.15) is 0 Å². The van der Waals surface area contributed by atoms with Crippen molar-refractivity contribution in [1.82, 2.24) is 5.32 Å². The molecule has 3 heteroatoms. The van der Waals surface area contributed by atoms with Crippen LogP contribution in [0.2, 0.25) is 0 Å². The number of carbonyl (C=O) groups is 1. The molecule has 0 amide bonds. The van der Waals surface area contributed by atoms with Gasteiger partial charge in [-0.25, -0.2) is 0 Å². The molecular formula is C13H17NO2. The van der Waals surface area contributed by atoms with Crippen LogP contribution in [0.1, 0.15) is 24.4 Å². The second kappa shape index (κ2) is 5.12. The standard InChI is InChI=1S/C13H17NO2/c1-16-13(15)11-7-8-12(14-9-11)10-5-3-2-4-6-10/h2-6,11-12,14H,7-9H2,1H3/t11-,12-/m0/s1. The molecule has 2 rings (SSSR count). The number of carbonyl (C=O) groups excluding carboxylic acids is 1. The number of methoxy groups -OCH3 is 1. The molecule has 0 saturated carbocycles. The zero-order valence-electron chi connectivity index (χ0n) is 9.48. The summed E-state index contributed by atoms with van der Waals surface area (Å²) in [4.78, 5) is 11.3. The van der Waals surface area contributed by atoms with E-state index in [0.717, 1.165) is 12.8 Å². The first-order chi connectivity index (χ1) is 7.81. The summed E-state index contributed by atoms with van der Waals surface area (Å²) >= 11 is 0. The van der Waals surface area contributed by atoms with Crippen molar-refractivity contribution in [3.05, 3.63) is 35.9 Å². The average Bonchev–Trinajstić information content (AvgIpc) is 2.39. The molecule has 2 atom stereocenters. The minimum absolute atomic E-state index is 0.0185. The second-order valence-electron chi connectivity index (χ2n) is 4.17. The lowest BCUT2D eigenvalue weighted by Gasteiger charge is -2.28. The van der Waals surface area contributed by atoms with Crippen molar-refractivity contribution in [1.29, 1.82) is 0 Å². The minimum atomic E-state index is -0.0981. The Balaban J connectivity index is 1.93. The number of hydrogen-bond acceptors (Lipinski definition) is 3. The Bertz CT molecular complexity index is 342. The summed E-state index contributed by atoms with van der Waals surface area (Å²) in [5, 5.41) is 3.40. The quantitative estimate of drug-likeness (QED) is 0.772. The predicted molar refractivity (Wildman–Crippen MR) is 61.9 cm³/mol. The molecule has 1 aromatic carbocycles. The van der Waals surface area contributed by atoms with E-state index in [1.54, 1.807) is 0 Å². The van der Waals surface area contributed by atoms with Crippen LogP contribution >= 0.6 is 0 Å². The van der Waals surface area contributed by atoms with Gasteiger partial charge < -0.3 is 10.1 Å². The van der Waals surface area contributed by atoms with Gasteiger partial charge >= 0.3 is 5.97 Å². The van der Waals surface area contributed by atoms with E-state index < -0.39 is 0 Å². The number of ether oxygens (including phenoxy) is 1. The van der Waals surface area contributed by atoms with Gasteiger partial charge in [0.15, 0.2) is 0 Å². The van der Waals surface area contributed by atoms with E-state index in [9.17, 15) is 4.79 Å². The summed E-state index contributed by atoms with van der Waals surface area (Å²) in [6.45, 7) is 0.715. The van der Waals surface area contributed by atoms with E-state index in [1.165, 1.54) is 12.7 Å². The van der Waals surface area contributed by atoms with Gasteiger partial charge in [0.2, 0.25) is 0 Å². The smallest absolute Gasteiger partial charge is 0.309 e. The second-order valence-corrected chi connectivity index (χ2v) is 4.17. The largest absolute Gasteiger partial charge is 0.469 e. The van der Waals surface area contributed by atoms with Crippen molar-refractivity contribution in [2.75, 3.05) is 13.7 Å². The minimum Gasteiger partial charge on any atom is -0.469 e. The maximum Gasteiger partial charge on any atom is 0.309 e. The third kappa shape index (κ3) is 2.42. The molecule has 0 bridgehead atoms. The van der Waals surface area contributed by atoms with Crippen LogP contribution in [0.5, 0.6) is 0 Å². The molecule has 1 aromatic rings.